The lowest BCUT2D eigenvalue weighted by Gasteiger charge is -2.58. The fourth-order valence-corrected chi connectivity index (χ4v) is 9.42. The number of carbonyl (C=O) groups excluding carboxylic acids is 3. The Kier molecular flexibility index (Phi) is 7.52. The number of rotatable bonds is 6. The highest BCUT2D eigenvalue weighted by Gasteiger charge is 2.66. The summed E-state index contributed by atoms with van der Waals surface area (Å²) < 4.78 is 18.9. The van der Waals surface area contributed by atoms with Crippen LogP contribution in [0, 0.1) is 40.4 Å². The van der Waals surface area contributed by atoms with Crippen molar-refractivity contribution in [3.05, 3.63) is 5.82 Å². The lowest BCUT2D eigenvalue weighted by atomic mass is 9.49. The summed E-state index contributed by atoms with van der Waals surface area (Å²) in [4.78, 5) is 36.2. The first-order valence-corrected chi connectivity index (χ1v) is 14.7. The molecule has 39 heavy (non-hydrogen) atoms. The molecule has 0 unspecified atom stereocenters. The van der Waals surface area contributed by atoms with Crippen LogP contribution in [0.2, 0.25) is 0 Å². The third-order valence-corrected chi connectivity index (χ3v) is 11.3. The Hall–Kier alpha value is -2.52. The molecule has 216 valence electrons. The molecule has 0 aromatic carbocycles. The molecule has 0 radical (unpaired) electrons. The van der Waals surface area contributed by atoms with Crippen LogP contribution < -0.4 is 0 Å². The van der Waals surface area contributed by atoms with Gasteiger partial charge in [0.1, 0.15) is 12.2 Å². The molecule has 3 fully saturated rings. The van der Waals surface area contributed by atoms with Crippen LogP contribution in [0.1, 0.15) is 97.9 Å². The second-order valence-corrected chi connectivity index (χ2v) is 13.1. The van der Waals surface area contributed by atoms with Crippen LogP contribution in [-0.2, 0) is 35.0 Å². The van der Waals surface area contributed by atoms with E-state index in [1.165, 1.54) is 21.0 Å². The van der Waals surface area contributed by atoms with Crippen molar-refractivity contribution in [2.24, 2.45) is 40.4 Å². The van der Waals surface area contributed by atoms with Crippen LogP contribution in [-0.4, -0.2) is 57.4 Å². The molecule has 0 N–H and O–H groups in total. The topological polar surface area (TPSA) is 122 Å². The number of fused-ring (bicyclic) bond motifs is 7. The number of nitrogens with zero attached hydrogens (tertiary/aromatic N) is 4. The molecule has 3 saturated carbocycles. The van der Waals surface area contributed by atoms with Gasteiger partial charge in [0.05, 0.1) is 13.2 Å². The summed E-state index contributed by atoms with van der Waals surface area (Å²) in [7, 11) is 1.43. The van der Waals surface area contributed by atoms with Gasteiger partial charge < -0.3 is 14.2 Å². The van der Waals surface area contributed by atoms with Gasteiger partial charge >= 0.3 is 17.9 Å². The second-order valence-electron chi connectivity index (χ2n) is 13.1. The van der Waals surface area contributed by atoms with Crippen LogP contribution in [0.5, 0.6) is 0 Å². The standard InChI is InChI=1S/C29H44N4O6/c1-16(7-10-26(36)37-6)21-8-9-22-27-23(15-24(29(21,22)5)39-18(3)35)28(4)12-11-20(38-17(2)34)13-19(28)14-25-30-31-32-33(25)27/h16,19-24,27H,7-15H2,1-6H3/t16-,19+,20-,21-,22+,23+,24+,27+,28+,29-/m1/s1. The normalized spacial score (nSPS) is 39.7. The van der Waals surface area contributed by atoms with Gasteiger partial charge in [-0.2, -0.15) is 0 Å². The van der Waals surface area contributed by atoms with E-state index in [1.54, 1.807) is 0 Å². The summed E-state index contributed by atoms with van der Waals surface area (Å²) in [6.07, 6.45) is 6.88. The largest absolute Gasteiger partial charge is 0.469 e. The quantitative estimate of drug-likeness (QED) is 0.385. The van der Waals surface area contributed by atoms with Crippen LogP contribution in [0.4, 0.5) is 0 Å². The predicted molar refractivity (Wildman–Crippen MR) is 140 cm³/mol. The average molecular weight is 545 g/mol. The summed E-state index contributed by atoms with van der Waals surface area (Å²) >= 11 is 0. The minimum atomic E-state index is -0.267. The Morgan fingerprint density at radius 2 is 1.79 bits per heavy atom. The zero-order valence-electron chi connectivity index (χ0n) is 24.2. The third kappa shape index (κ3) is 4.75. The van der Waals surface area contributed by atoms with E-state index < -0.39 is 0 Å². The molecule has 3 aliphatic carbocycles. The molecule has 2 heterocycles. The van der Waals surface area contributed by atoms with Crippen molar-refractivity contribution in [1.82, 2.24) is 20.2 Å². The third-order valence-electron chi connectivity index (χ3n) is 11.3. The molecule has 10 nitrogen and oxygen atoms in total. The van der Waals surface area contributed by atoms with Crippen molar-refractivity contribution >= 4 is 17.9 Å². The SMILES string of the molecule is COC(=O)CC[C@@H](C)[C@H]1CC[C@H]2[C@H]3[C@H](C[C@H](OC(C)=O)[C@]12C)[C@@]1(C)CC[C@@H](OC(C)=O)C[C@H]1Cc1nnnn13. The molecule has 10 atom stereocenters. The summed E-state index contributed by atoms with van der Waals surface area (Å²) in [6.45, 7) is 9.90. The maximum atomic E-state index is 12.5. The maximum Gasteiger partial charge on any atom is 0.305 e. The number of hydrogen-bond acceptors (Lipinski definition) is 9. The van der Waals surface area contributed by atoms with E-state index in [0.29, 0.717) is 12.3 Å². The molecular weight excluding hydrogens is 500 g/mol. The van der Waals surface area contributed by atoms with Crippen molar-refractivity contribution in [3.63, 3.8) is 0 Å². The van der Waals surface area contributed by atoms with Crippen LogP contribution >= 0.6 is 0 Å². The van der Waals surface area contributed by atoms with Gasteiger partial charge in [0.25, 0.3) is 0 Å². The fraction of sp³-hybridized carbons (Fsp3) is 0.862. The number of carbonyl (C=O) groups is 3. The van der Waals surface area contributed by atoms with Gasteiger partial charge in [-0.05, 0) is 90.4 Å². The Labute approximate surface area is 230 Å². The number of esters is 3. The lowest BCUT2D eigenvalue weighted by Crippen LogP contribution is -2.57. The molecule has 0 bridgehead atoms. The Morgan fingerprint density at radius 1 is 1.05 bits per heavy atom. The molecule has 1 aromatic heterocycles. The molecule has 0 amide bonds. The molecule has 0 spiro atoms. The number of hydrogen-bond donors (Lipinski definition) is 0. The monoisotopic (exact) mass is 544 g/mol. The smallest absolute Gasteiger partial charge is 0.305 e. The van der Waals surface area contributed by atoms with Gasteiger partial charge in [0, 0.05) is 32.1 Å². The van der Waals surface area contributed by atoms with E-state index in [4.69, 9.17) is 14.2 Å². The molecule has 0 saturated heterocycles. The number of methoxy groups -OCH3 is 1. The van der Waals surface area contributed by atoms with Crippen molar-refractivity contribution in [1.29, 1.82) is 0 Å². The van der Waals surface area contributed by atoms with Gasteiger partial charge in [-0.3, -0.25) is 14.4 Å². The summed E-state index contributed by atoms with van der Waals surface area (Å²) in [5.41, 5.74) is -0.311. The molecule has 5 rings (SSSR count). The van der Waals surface area contributed by atoms with Gasteiger partial charge in [-0.25, -0.2) is 4.68 Å². The minimum Gasteiger partial charge on any atom is -0.469 e. The Morgan fingerprint density at radius 3 is 2.49 bits per heavy atom. The summed E-state index contributed by atoms with van der Waals surface area (Å²) in [5.74, 6) is 1.51. The van der Waals surface area contributed by atoms with Gasteiger partial charge in [-0.1, -0.05) is 20.8 Å². The highest BCUT2D eigenvalue weighted by molar-refractivity contribution is 5.69. The van der Waals surface area contributed by atoms with Gasteiger partial charge in [0.2, 0.25) is 0 Å². The molecule has 10 heteroatoms. The van der Waals surface area contributed by atoms with E-state index in [0.717, 1.165) is 57.2 Å². The maximum absolute atomic E-state index is 12.5. The van der Waals surface area contributed by atoms with E-state index in [2.05, 4.69) is 41.0 Å². The Balaban J connectivity index is 1.53. The molecular formula is C29H44N4O6. The average Bonchev–Trinajstić information content (AvgIpc) is 3.46. The second kappa shape index (κ2) is 10.5. The number of ether oxygens (including phenoxy) is 3. The molecule has 1 aromatic rings. The predicted octanol–water partition coefficient (Wildman–Crippen LogP) is 4.08. The van der Waals surface area contributed by atoms with Crippen molar-refractivity contribution in [2.45, 2.75) is 111 Å². The molecule has 4 aliphatic rings. The lowest BCUT2D eigenvalue weighted by molar-refractivity contribution is -0.184. The van der Waals surface area contributed by atoms with E-state index in [-0.39, 0.29) is 70.7 Å². The van der Waals surface area contributed by atoms with Crippen LogP contribution in [0.3, 0.4) is 0 Å². The first-order chi connectivity index (χ1) is 18.5. The van der Waals surface area contributed by atoms with E-state index in [9.17, 15) is 14.4 Å². The van der Waals surface area contributed by atoms with Crippen LogP contribution in [0.15, 0.2) is 0 Å². The van der Waals surface area contributed by atoms with E-state index in [1.807, 2.05) is 0 Å². The zero-order valence-corrected chi connectivity index (χ0v) is 24.2. The summed E-state index contributed by atoms with van der Waals surface area (Å²) in [6, 6.07) is 0.102. The van der Waals surface area contributed by atoms with Crippen molar-refractivity contribution in [3.8, 4) is 0 Å². The minimum absolute atomic E-state index is 0.0436. The van der Waals surface area contributed by atoms with Gasteiger partial charge in [-0.15, -0.1) is 5.10 Å². The van der Waals surface area contributed by atoms with Gasteiger partial charge in [0.15, 0.2) is 5.82 Å². The molecule has 1 aliphatic heterocycles. The Bertz CT molecular complexity index is 1110. The highest BCUT2D eigenvalue weighted by atomic mass is 16.5. The number of aromatic nitrogens is 4. The fourth-order valence-electron chi connectivity index (χ4n) is 9.42. The first-order valence-electron chi connectivity index (χ1n) is 14.7. The van der Waals surface area contributed by atoms with E-state index >= 15 is 0 Å². The highest BCUT2D eigenvalue weighted by Crippen LogP contribution is 2.68. The van der Waals surface area contributed by atoms with Crippen LogP contribution in [0.25, 0.3) is 0 Å². The summed E-state index contributed by atoms with van der Waals surface area (Å²) in [5, 5.41) is 13.2. The number of tetrazole rings is 1. The van der Waals surface area contributed by atoms with Crippen molar-refractivity contribution < 1.29 is 28.6 Å². The first kappa shape index (κ1) is 28.0. The van der Waals surface area contributed by atoms with Crippen molar-refractivity contribution in [2.75, 3.05) is 7.11 Å². The zero-order chi connectivity index (χ0) is 28.1.